The molecule has 0 saturated carbocycles. The lowest BCUT2D eigenvalue weighted by Gasteiger charge is -2.33. The highest BCUT2D eigenvalue weighted by molar-refractivity contribution is 6.24. The fraction of sp³-hybridized carbons (Fsp3) is 0.487. The van der Waals surface area contributed by atoms with E-state index in [1.54, 1.807) is 12.1 Å². The molecule has 2 aliphatic heterocycles. The Labute approximate surface area is 275 Å². The molecular weight excluding hydrogens is 575 g/mol. The first-order valence-electron chi connectivity index (χ1n) is 16.6. The Bertz CT molecular complexity index is 1710. The molecule has 0 spiro atoms. The molecule has 0 unspecified atom stereocenters. The second-order valence-electron chi connectivity index (χ2n) is 16.5. The number of carbonyl (C=O) groups is 1. The van der Waals surface area contributed by atoms with Crippen molar-refractivity contribution in [1.29, 1.82) is 0 Å². The van der Waals surface area contributed by atoms with E-state index in [2.05, 4.69) is 90.7 Å². The third kappa shape index (κ3) is 6.24. The molecule has 2 heterocycles. The number of halogens is 1. The van der Waals surface area contributed by atoms with Crippen LogP contribution in [0, 0.1) is 12.7 Å². The van der Waals surface area contributed by atoms with Crippen LogP contribution in [0.1, 0.15) is 57.2 Å². The summed E-state index contributed by atoms with van der Waals surface area (Å²) in [7, 11) is 13.1. The van der Waals surface area contributed by atoms with Crippen LogP contribution < -0.4 is 10.0 Å². The lowest BCUT2D eigenvalue weighted by Crippen LogP contribution is -2.38. The van der Waals surface area contributed by atoms with Crippen molar-refractivity contribution in [2.75, 3.05) is 73.4 Å². The molecule has 0 radical (unpaired) electrons. The Morgan fingerprint density at radius 1 is 0.870 bits per heavy atom. The van der Waals surface area contributed by atoms with E-state index in [0.717, 1.165) is 69.8 Å². The molecule has 0 aromatic heterocycles. The maximum atomic E-state index is 14.5. The van der Waals surface area contributed by atoms with Gasteiger partial charge in [-0.25, -0.2) is 4.39 Å². The van der Waals surface area contributed by atoms with Crippen LogP contribution in [0.15, 0.2) is 71.2 Å². The highest BCUT2D eigenvalue weighted by Gasteiger charge is 2.46. The molecule has 3 aliphatic rings. The number of nitrogens with zero attached hydrogens (tertiary/aromatic N) is 4. The number of rotatable bonds is 10. The largest absolute Gasteiger partial charge is 0.871 e. The second-order valence-corrected chi connectivity index (χ2v) is 16.5. The van der Waals surface area contributed by atoms with E-state index >= 15 is 0 Å². The Morgan fingerprint density at radius 3 is 2.15 bits per heavy atom. The number of ketones is 1. The first kappa shape index (κ1) is 33.8. The van der Waals surface area contributed by atoms with E-state index in [4.69, 9.17) is 0 Å². The van der Waals surface area contributed by atoms with Crippen molar-refractivity contribution in [2.24, 2.45) is 0 Å². The van der Waals surface area contributed by atoms with Crippen molar-refractivity contribution in [1.82, 2.24) is 0 Å². The fourth-order valence-corrected chi connectivity index (χ4v) is 7.21. The standard InChI is InChI=1S/C39H53FN4O2/c1-26-14-16-32-30(22-26)38(2,3)34(41(32)18-12-20-43(6,7)8)24-28-36(45)29(37(28)46)25-35-39(4,5)31-23-27(40)15-17-33(31)42(35)19-13-21-44(9,10)11/h14-17,22-25H,12-13,18-21H2,1-11H3/q+2. The average Bonchev–Trinajstić information content (AvgIpc) is 3.26. The van der Waals surface area contributed by atoms with Gasteiger partial charge in [-0.05, 0) is 50.6 Å². The summed E-state index contributed by atoms with van der Waals surface area (Å²) in [4.78, 5) is 16.2. The zero-order valence-electron chi connectivity index (χ0n) is 29.8. The van der Waals surface area contributed by atoms with Crippen LogP contribution in [0.25, 0.3) is 0 Å². The minimum absolute atomic E-state index is 0.209. The monoisotopic (exact) mass is 628 g/mol. The summed E-state index contributed by atoms with van der Waals surface area (Å²) in [6.45, 7) is 14.1. The van der Waals surface area contributed by atoms with E-state index in [-0.39, 0.29) is 33.9 Å². The topological polar surface area (TPSA) is 46.4 Å². The van der Waals surface area contributed by atoms with E-state index < -0.39 is 5.41 Å². The van der Waals surface area contributed by atoms with Crippen LogP contribution in [-0.2, 0) is 15.6 Å². The summed E-state index contributed by atoms with van der Waals surface area (Å²) in [5.74, 6) is -0.724. The predicted molar refractivity (Wildman–Crippen MR) is 184 cm³/mol. The number of allylic oxidation sites excluding steroid dienone is 5. The quantitative estimate of drug-likeness (QED) is 0.198. The van der Waals surface area contributed by atoms with Gasteiger partial charge in [0.05, 0.1) is 67.2 Å². The second kappa shape index (κ2) is 11.6. The SMILES string of the molecule is Cc1ccc2c(c1)C(C)(C)/C(=C/C1=C([O-])C(=CC3=[N+](CCC[N+](C)(C)C)c4ccc(F)cc4C3(C)C)C1=O)N2CCC[N+](C)(C)C. The van der Waals surface area contributed by atoms with Gasteiger partial charge in [-0.3, -0.25) is 4.79 Å². The number of fused-ring (bicyclic) bond motifs is 2. The number of hydrogen-bond donors (Lipinski definition) is 0. The van der Waals surface area contributed by atoms with Crippen molar-refractivity contribution in [2.45, 2.75) is 58.3 Å². The summed E-state index contributed by atoms with van der Waals surface area (Å²) in [5.41, 5.74) is 6.76. The van der Waals surface area contributed by atoms with Crippen LogP contribution in [0.4, 0.5) is 15.8 Å². The molecular formula is C39H53FN4O2+2. The summed E-state index contributed by atoms with van der Waals surface area (Å²) >= 11 is 0. The van der Waals surface area contributed by atoms with E-state index in [0.29, 0.717) is 6.54 Å². The maximum absolute atomic E-state index is 14.5. The van der Waals surface area contributed by atoms with Crippen LogP contribution in [0.5, 0.6) is 0 Å². The summed E-state index contributed by atoms with van der Waals surface area (Å²) in [6, 6.07) is 11.4. The highest BCUT2D eigenvalue weighted by Crippen LogP contribution is 2.49. The Balaban J connectivity index is 1.55. The average molecular weight is 629 g/mol. The zero-order valence-corrected chi connectivity index (χ0v) is 29.8. The maximum Gasteiger partial charge on any atom is 0.209 e. The number of benzene rings is 2. The van der Waals surface area contributed by atoms with Gasteiger partial charge in [0.1, 0.15) is 5.82 Å². The number of carbonyl (C=O) groups excluding carboxylic acids is 1. The van der Waals surface area contributed by atoms with E-state index in [1.807, 2.05) is 26.0 Å². The van der Waals surface area contributed by atoms with E-state index in [9.17, 15) is 14.3 Å². The van der Waals surface area contributed by atoms with Crippen LogP contribution in [0.3, 0.4) is 0 Å². The van der Waals surface area contributed by atoms with Crippen molar-refractivity contribution in [3.05, 3.63) is 93.7 Å². The van der Waals surface area contributed by atoms with Crippen LogP contribution in [-0.4, -0.2) is 93.5 Å². The molecule has 46 heavy (non-hydrogen) atoms. The summed E-state index contributed by atoms with van der Waals surface area (Å²) in [5, 5.41) is 13.8. The summed E-state index contributed by atoms with van der Waals surface area (Å²) < 4.78 is 18.3. The molecule has 246 valence electrons. The molecule has 0 N–H and O–H groups in total. The minimum Gasteiger partial charge on any atom is -0.871 e. The Kier molecular flexibility index (Phi) is 8.53. The smallest absolute Gasteiger partial charge is 0.209 e. The van der Waals surface area contributed by atoms with Gasteiger partial charge >= 0.3 is 0 Å². The number of hydrogen-bond acceptors (Lipinski definition) is 3. The number of anilines is 1. The fourth-order valence-electron chi connectivity index (χ4n) is 7.21. The molecule has 0 amide bonds. The first-order chi connectivity index (χ1) is 21.2. The normalized spacial score (nSPS) is 20.6. The van der Waals surface area contributed by atoms with Crippen molar-refractivity contribution < 1.29 is 27.8 Å². The Hall–Kier alpha value is -3.55. The van der Waals surface area contributed by atoms with Crippen molar-refractivity contribution in [3.63, 3.8) is 0 Å². The third-order valence-electron chi connectivity index (χ3n) is 9.86. The number of quaternary nitrogens is 2. The summed E-state index contributed by atoms with van der Waals surface area (Å²) in [6.07, 6.45) is 5.53. The van der Waals surface area contributed by atoms with Gasteiger partial charge in [0, 0.05) is 58.6 Å². The van der Waals surface area contributed by atoms with Gasteiger partial charge in [-0.15, -0.1) is 0 Å². The van der Waals surface area contributed by atoms with Gasteiger partial charge in [0.2, 0.25) is 5.69 Å². The molecule has 1 aliphatic carbocycles. The first-order valence-corrected chi connectivity index (χ1v) is 16.6. The molecule has 0 bridgehead atoms. The van der Waals surface area contributed by atoms with Gasteiger partial charge in [-0.2, -0.15) is 4.58 Å². The number of Topliss-reactive ketones (excluding diaryl/α,β-unsaturated/α-hetero) is 1. The molecule has 2 aromatic rings. The van der Waals surface area contributed by atoms with E-state index in [1.165, 1.54) is 17.2 Å². The molecule has 0 atom stereocenters. The lowest BCUT2D eigenvalue weighted by molar-refractivity contribution is -0.871. The van der Waals surface area contributed by atoms with Gasteiger partial charge in [0.25, 0.3) is 0 Å². The molecule has 2 aromatic carbocycles. The number of aryl methyl sites for hydroxylation is 1. The zero-order chi connectivity index (χ0) is 34.0. The van der Waals surface area contributed by atoms with Gasteiger partial charge < -0.3 is 19.0 Å². The molecule has 0 saturated heterocycles. The minimum atomic E-state index is -0.564. The van der Waals surface area contributed by atoms with Crippen LogP contribution in [0.2, 0.25) is 0 Å². The van der Waals surface area contributed by atoms with Gasteiger partial charge in [-0.1, -0.05) is 37.3 Å². The molecule has 6 nitrogen and oxygen atoms in total. The molecule has 7 heteroatoms. The predicted octanol–water partition coefficient (Wildman–Crippen LogP) is 5.51. The van der Waals surface area contributed by atoms with Crippen molar-refractivity contribution in [3.8, 4) is 0 Å². The van der Waals surface area contributed by atoms with Crippen LogP contribution >= 0.6 is 0 Å². The van der Waals surface area contributed by atoms with Gasteiger partial charge in [0.15, 0.2) is 18.0 Å². The molecule has 0 fully saturated rings. The van der Waals surface area contributed by atoms with Crippen molar-refractivity contribution >= 4 is 22.9 Å². The Morgan fingerprint density at radius 2 is 1.52 bits per heavy atom. The lowest BCUT2D eigenvalue weighted by atomic mass is 9.77. The third-order valence-corrected chi connectivity index (χ3v) is 9.86. The highest BCUT2D eigenvalue weighted by atomic mass is 19.1. The molecule has 5 rings (SSSR count).